The molecule has 0 bridgehead atoms. The topological polar surface area (TPSA) is 48.5 Å². The number of hydrogen-bond acceptors (Lipinski definition) is 6. The zero-order valence-electron chi connectivity index (χ0n) is 19.0. The van der Waals surface area contributed by atoms with Gasteiger partial charge in [-0.2, -0.15) is 0 Å². The number of carbonyl (C=O) groups is 1. The number of thioether (sulfide) groups is 1. The van der Waals surface area contributed by atoms with E-state index in [9.17, 15) is 4.79 Å². The van der Waals surface area contributed by atoms with Gasteiger partial charge in [0.2, 0.25) is 5.91 Å². The van der Waals surface area contributed by atoms with Gasteiger partial charge in [-0.1, -0.05) is 42.5 Å². The van der Waals surface area contributed by atoms with Gasteiger partial charge in [-0.25, -0.2) is 4.98 Å². The molecule has 174 valence electrons. The van der Waals surface area contributed by atoms with Crippen LogP contribution in [0.15, 0.2) is 78.9 Å². The van der Waals surface area contributed by atoms with E-state index in [-0.39, 0.29) is 5.91 Å². The summed E-state index contributed by atoms with van der Waals surface area (Å²) >= 11 is 3.30. The van der Waals surface area contributed by atoms with Gasteiger partial charge in [-0.15, -0.1) is 23.1 Å². The first-order valence-corrected chi connectivity index (χ1v) is 13.5. The lowest BCUT2D eigenvalue weighted by molar-refractivity contribution is -0.113. The monoisotopic (exact) mass is 488 g/mol. The number of hydrogen-bond donors (Lipinski definition) is 1. The molecule has 1 saturated heterocycles. The Morgan fingerprint density at radius 1 is 0.912 bits per heavy atom. The molecule has 0 saturated carbocycles. The smallest absolute Gasteiger partial charge is 0.234 e. The van der Waals surface area contributed by atoms with Crippen LogP contribution in [0.5, 0.6) is 0 Å². The van der Waals surface area contributed by atoms with E-state index in [1.165, 1.54) is 16.0 Å². The highest BCUT2D eigenvalue weighted by Crippen LogP contribution is 2.25. The summed E-state index contributed by atoms with van der Waals surface area (Å²) in [5, 5.41) is 4.08. The Hall–Kier alpha value is -2.87. The third-order valence-corrected chi connectivity index (χ3v) is 8.10. The van der Waals surface area contributed by atoms with Crippen LogP contribution in [0.25, 0.3) is 10.2 Å². The molecule has 3 aromatic carbocycles. The second-order valence-electron chi connectivity index (χ2n) is 8.41. The van der Waals surface area contributed by atoms with Crippen LogP contribution in [0, 0.1) is 0 Å². The molecule has 1 N–H and O–H groups in total. The SMILES string of the molecule is O=C(CSCc1nc2ccccc2s1)Nc1ccc(N2CCN(Cc3ccccc3)CC2)cc1. The van der Waals surface area contributed by atoms with E-state index in [0.717, 1.165) is 54.7 Å². The Balaban J connectivity index is 1.05. The molecule has 7 heteroatoms. The highest BCUT2D eigenvalue weighted by atomic mass is 32.2. The molecule has 5 rings (SSSR count). The van der Waals surface area contributed by atoms with Gasteiger partial charge in [0, 0.05) is 49.9 Å². The lowest BCUT2D eigenvalue weighted by Gasteiger charge is -2.36. The van der Waals surface area contributed by atoms with Crippen LogP contribution in [0.2, 0.25) is 0 Å². The van der Waals surface area contributed by atoms with E-state index in [1.807, 2.05) is 30.3 Å². The first-order chi connectivity index (χ1) is 16.7. The largest absolute Gasteiger partial charge is 0.369 e. The number of carbonyl (C=O) groups excluding carboxylic acids is 1. The van der Waals surface area contributed by atoms with Crippen molar-refractivity contribution in [3.63, 3.8) is 0 Å². The van der Waals surface area contributed by atoms with E-state index in [2.05, 4.69) is 68.6 Å². The molecule has 1 aromatic heterocycles. The molecule has 2 heterocycles. The second-order valence-corrected chi connectivity index (χ2v) is 10.5. The molecule has 5 nitrogen and oxygen atoms in total. The fourth-order valence-corrected chi connectivity index (χ4v) is 6.02. The number of aromatic nitrogens is 1. The summed E-state index contributed by atoms with van der Waals surface area (Å²) in [7, 11) is 0. The number of rotatable bonds is 8. The van der Waals surface area contributed by atoms with Crippen molar-refractivity contribution in [1.29, 1.82) is 0 Å². The van der Waals surface area contributed by atoms with Crippen LogP contribution in [0.3, 0.4) is 0 Å². The number of amides is 1. The van der Waals surface area contributed by atoms with Crippen LogP contribution in [-0.4, -0.2) is 47.7 Å². The van der Waals surface area contributed by atoms with Gasteiger partial charge in [0.25, 0.3) is 0 Å². The fraction of sp³-hybridized carbons (Fsp3) is 0.259. The summed E-state index contributed by atoms with van der Waals surface area (Å²) in [4.78, 5) is 21.9. The fourth-order valence-electron chi connectivity index (χ4n) is 4.17. The van der Waals surface area contributed by atoms with Crippen molar-refractivity contribution in [2.75, 3.05) is 42.1 Å². The standard InChI is InChI=1S/C27H28N4OS2/c32-26(19-33-20-27-29-24-8-4-5-9-25(24)34-27)28-22-10-12-23(13-11-22)31-16-14-30(15-17-31)18-21-6-2-1-3-7-21/h1-13H,14-20H2,(H,28,32). The van der Waals surface area contributed by atoms with Gasteiger partial charge >= 0.3 is 0 Å². The van der Waals surface area contributed by atoms with E-state index in [1.54, 1.807) is 23.1 Å². The molecule has 0 spiro atoms. The molecular formula is C27H28N4OS2. The number of piperazine rings is 1. The summed E-state index contributed by atoms with van der Waals surface area (Å²) in [5.74, 6) is 1.19. The number of benzene rings is 3. The predicted octanol–water partition coefficient (Wildman–Crippen LogP) is 5.49. The number of thiazole rings is 1. The highest BCUT2D eigenvalue weighted by Gasteiger charge is 2.17. The molecule has 0 unspecified atom stereocenters. The van der Waals surface area contributed by atoms with Crippen molar-refractivity contribution >= 4 is 50.6 Å². The molecule has 1 aliphatic heterocycles. The van der Waals surface area contributed by atoms with Crippen molar-refractivity contribution in [2.24, 2.45) is 0 Å². The van der Waals surface area contributed by atoms with E-state index in [4.69, 9.17) is 0 Å². The minimum Gasteiger partial charge on any atom is -0.369 e. The van der Waals surface area contributed by atoms with Crippen LogP contribution in [0.1, 0.15) is 10.6 Å². The highest BCUT2D eigenvalue weighted by molar-refractivity contribution is 7.99. The molecule has 1 amide bonds. The zero-order valence-corrected chi connectivity index (χ0v) is 20.7. The lowest BCUT2D eigenvalue weighted by Crippen LogP contribution is -2.45. The van der Waals surface area contributed by atoms with Crippen molar-refractivity contribution in [1.82, 2.24) is 9.88 Å². The number of para-hydroxylation sites is 1. The van der Waals surface area contributed by atoms with E-state index < -0.39 is 0 Å². The molecule has 4 aromatic rings. The average Bonchev–Trinajstić information content (AvgIpc) is 3.29. The number of anilines is 2. The van der Waals surface area contributed by atoms with Gasteiger partial charge < -0.3 is 10.2 Å². The molecule has 1 aliphatic rings. The Bertz CT molecular complexity index is 1190. The molecule has 0 radical (unpaired) electrons. The Labute approximate surface area is 208 Å². The van der Waals surface area contributed by atoms with Crippen LogP contribution in [-0.2, 0) is 17.1 Å². The average molecular weight is 489 g/mol. The first kappa shape index (κ1) is 22.9. The van der Waals surface area contributed by atoms with Crippen LogP contribution >= 0.6 is 23.1 Å². The lowest BCUT2D eigenvalue weighted by atomic mass is 10.2. The molecule has 0 aliphatic carbocycles. The van der Waals surface area contributed by atoms with Crippen LogP contribution in [0.4, 0.5) is 11.4 Å². The van der Waals surface area contributed by atoms with Gasteiger partial charge in [0.15, 0.2) is 0 Å². The summed E-state index contributed by atoms with van der Waals surface area (Å²) in [6.45, 7) is 5.15. The number of nitrogens with one attached hydrogen (secondary N) is 1. The van der Waals surface area contributed by atoms with E-state index in [0.29, 0.717) is 5.75 Å². The van der Waals surface area contributed by atoms with Crippen molar-refractivity contribution in [3.05, 3.63) is 89.4 Å². The maximum atomic E-state index is 12.4. The third-order valence-electron chi connectivity index (χ3n) is 5.93. The third kappa shape index (κ3) is 5.97. The molecule has 0 atom stereocenters. The Kier molecular flexibility index (Phi) is 7.43. The van der Waals surface area contributed by atoms with Crippen molar-refractivity contribution < 1.29 is 4.79 Å². The first-order valence-electron chi connectivity index (χ1n) is 11.6. The van der Waals surface area contributed by atoms with Crippen molar-refractivity contribution in [3.8, 4) is 0 Å². The van der Waals surface area contributed by atoms with Crippen LogP contribution < -0.4 is 10.2 Å². The van der Waals surface area contributed by atoms with Gasteiger partial charge in [-0.05, 0) is 42.0 Å². The predicted molar refractivity (Wildman–Crippen MR) is 145 cm³/mol. The number of nitrogens with zero attached hydrogens (tertiary/aromatic N) is 3. The summed E-state index contributed by atoms with van der Waals surface area (Å²) < 4.78 is 1.19. The maximum absolute atomic E-state index is 12.4. The summed E-state index contributed by atoms with van der Waals surface area (Å²) in [6, 6.07) is 27.0. The Morgan fingerprint density at radius 3 is 2.41 bits per heavy atom. The Morgan fingerprint density at radius 2 is 1.65 bits per heavy atom. The minimum atomic E-state index is 0.0217. The quantitative estimate of drug-likeness (QED) is 0.355. The maximum Gasteiger partial charge on any atom is 0.234 e. The number of fused-ring (bicyclic) bond motifs is 1. The second kappa shape index (κ2) is 11.0. The summed E-state index contributed by atoms with van der Waals surface area (Å²) in [5.41, 5.74) is 4.46. The molecule has 34 heavy (non-hydrogen) atoms. The van der Waals surface area contributed by atoms with Gasteiger partial charge in [0.05, 0.1) is 16.0 Å². The molecular weight excluding hydrogens is 460 g/mol. The molecule has 1 fully saturated rings. The minimum absolute atomic E-state index is 0.0217. The normalized spacial score (nSPS) is 14.4. The van der Waals surface area contributed by atoms with E-state index >= 15 is 0 Å². The summed E-state index contributed by atoms with van der Waals surface area (Å²) in [6.07, 6.45) is 0. The van der Waals surface area contributed by atoms with Gasteiger partial charge in [-0.3, -0.25) is 9.69 Å². The van der Waals surface area contributed by atoms with Crippen molar-refractivity contribution in [2.45, 2.75) is 12.3 Å². The zero-order chi connectivity index (χ0) is 23.2. The van der Waals surface area contributed by atoms with Gasteiger partial charge in [0.1, 0.15) is 5.01 Å².